The predicted molar refractivity (Wildman–Crippen MR) is 62.3 cm³/mol. The van der Waals surface area contributed by atoms with Gasteiger partial charge in [0, 0.05) is 36.6 Å². The second kappa shape index (κ2) is 3.58. The lowest BCUT2D eigenvalue weighted by atomic mass is 10.0. The van der Waals surface area contributed by atoms with Crippen molar-refractivity contribution in [1.29, 1.82) is 0 Å². The number of amides is 1. The molecular formula is C11H11N5O. The molecular weight excluding hydrogens is 218 g/mol. The van der Waals surface area contributed by atoms with Crippen LogP contribution in [0.15, 0.2) is 18.5 Å². The molecule has 3 heterocycles. The van der Waals surface area contributed by atoms with Crippen LogP contribution in [0.1, 0.15) is 16.1 Å². The van der Waals surface area contributed by atoms with Crippen LogP contribution in [0.3, 0.4) is 0 Å². The Morgan fingerprint density at radius 3 is 3.12 bits per heavy atom. The van der Waals surface area contributed by atoms with Crippen molar-refractivity contribution in [2.75, 3.05) is 12.3 Å². The van der Waals surface area contributed by atoms with E-state index in [1.54, 1.807) is 18.5 Å². The van der Waals surface area contributed by atoms with Crippen molar-refractivity contribution in [2.45, 2.75) is 6.42 Å². The SMILES string of the molecule is Nc1nccc(-c2c[nH]c3c2C(=O)NCC3)n1. The molecule has 0 bridgehead atoms. The van der Waals surface area contributed by atoms with E-state index in [2.05, 4.69) is 20.3 Å². The minimum atomic E-state index is -0.0697. The van der Waals surface area contributed by atoms with Gasteiger partial charge in [-0.2, -0.15) is 0 Å². The zero-order chi connectivity index (χ0) is 11.8. The second-order valence-corrected chi connectivity index (χ2v) is 3.86. The summed E-state index contributed by atoms with van der Waals surface area (Å²) in [7, 11) is 0. The van der Waals surface area contributed by atoms with Gasteiger partial charge in [0.25, 0.3) is 5.91 Å². The molecule has 3 rings (SSSR count). The normalized spacial score (nSPS) is 14.2. The van der Waals surface area contributed by atoms with Crippen LogP contribution in [0.25, 0.3) is 11.3 Å². The fourth-order valence-corrected chi connectivity index (χ4v) is 2.04. The van der Waals surface area contributed by atoms with Gasteiger partial charge in [-0.15, -0.1) is 0 Å². The molecule has 2 aromatic rings. The number of hydrogen-bond acceptors (Lipinski definition) is 4. The number of aromatic nitrogens is 3. The first kappa shape index (κ1) is 9.83. The topological polar surface area (TPSA) is 96.7 Å². The summed E-state index contributed by atoms with van der Waals surface area (Å²) in [5, 5.41) is 2.82. The van der Waals surface area contributed by atoms with Gasteiger partial charge in [0.15, 0.2) is 0 Å². The Hall–Kier alpha value is -2.37. The summed E-state index contributed by atoms with van der Waals surface area (Å²) < 4.78 is 0. The standard InChI is InChI=1S/C11H11N5O/c12-11-14-4-1-7(16-11)6-5-15-8-2-3-13-10(17)9(6)8/h1,4-5,15H,2-3H2,(H,13,17)(H2,12,14,16). The van der Waals surface area contributed by atoms with Crippen LogP contribution in [0, 0.1) is 0 Å². The molecule has 0 radical (unpaired) electrons. The molecule has 17 heavy (non-hydrogen) atoms. The molecule has 86 valence electrons. The quantitative estimate of drug-likeness (QED) is 0.656. The number of nitrogens with one attached hydrogen (secondary N) is 2. The average molecular weight is 229 g/mol. The highest BCUT2D eigenvalue weighted by Gasteiger charge is 2.23. The summed E-state index contributed by atoms with van der Waals surface area (Å²) in [6.07, 6.45) is 4.18. The number of anilines is 1. The van der Waals surface area contributed by atoms with Gasteiger partial charge < -0.3 is 16.0 Å². The van der Waals surface area contributed by atoms with Crippen LogP contribution in [-0.2, 0) is 6.42 Å². The van der Waals surface area contributed by atoms with E-state index in [9.17, 15) is 4.79 Å². The fourth-order valence-electron chi connectivity index (χ4n) is 2.04. The first-order chi connectivity index (χ1) is 8.25. The van der Waals surface area contributed by atoms with Crippen LogP contribution >= 0.6 is 0 Å². The first-order valence-corrected chi connectivity index (χ1v) is 5.33. The van der Waals surface area contributed by atoms with E-state index in [0.29, 0.717) is 17.8 Å². The van der Waals surface area contributed by atoms with Crippen LogP contribution in [0.5, 0.6) is 0 Å². The van der Waals surface area contributed by atoms with Gasteiger partial charge in [-0.25, -0.2) is 9.97 Å². The Balaban J connectivity index is 2.16. The van der Waals surface area contributed by atoms with Crippen LogP contribution in [0.2, 0.25) is 0 Å². The summed E-state index contributed by atoms with van der Waals surface area (Å²) in [6, 6.07) is 1.74. The number of fused-ring (bicyclic) bond motifs is 1. The van der Waals surface area contributed by atoms with E-state index >= 15 is 0 Å². The smallest absolute Gasteiger partial charge is 0.253 e. The summed E-state index contributed by atoms with van der Waals surface area (Å²) in [5.74, 6) is 0.133. The zero-order valence-electron chi connectivity index (χ0n) is 9.03. The molecule has 0 aliphatic carbocycles. The number of nitrogen functional groups attached to an aromatic ring is 1. The van der Waals surface area contributed by atoms with Gasteiger partial charge in [0.1, 0.15) is 0 Å². The number of carbonyl (C=O) groups excluding carboxylic acids is 1. The molecule has 0 unspecified atom stereocenters. The van der Waals surface area contributed by atoms with Crippen LogP contribution in [-0.4, -0.2) is 27.4 Å². The number of aromatic amines is 1. The second-order valence-electron chi connectivity index (χ2n) is 3.86. The lowest BCUT2D eigenvalue weighted by molar-refractivity contribution is 0.0946. The Bertz CT molecular complexity index is 589. The van der Waals surface area contributed by atoms with Gasteiger partial charge in [0.05, 0.1) is 11.3 Å². The third-order valence-electron chi connectivity index (χ3n) is 2.80. The Morgan fingerprint density at radius 1 is 1.41 bits per heavy atom. The van der Waals surface area contributed by atoms with Crippen LogP contribution in [0.4, 0.5) is 5.95 Å². The first-order valence-electron chi connectivity index (χ1n) is 5.33. The minimum absolute atomic E-state index is 0.0697. The third kappa shape index (κ3) is 1.54. The Labute approximate surface area is 97.3 Å². The summed E-state index contributed by atoms with van der Waals surface area (Å²) >= 11 is 0. The van der Waals surface area contributed by atoms with E-state index in [1.165, 1.54) is 0 Å². The zero-order valence-corrected chi connectivity index (χ0v) is 9.03. The molecule has 6 heteroatoms. The number of nitrogens with zero attached hydrogens (tertiary/aromatic N) is 2. The monoisotopic (exact) mass is 229 g/mol. The molecule has 0 saturated heterocycles. The minimum Gasteiger partial charge on any atom is -0.368 e. The number of rotatable bonds is 1. The van der Waals surface area contributed by atoms with E-state index < -0.39 is 0 Å². The van der Waals surface area contributed by atoms with Crippen LogP contribution < -0.4 is 11.1 Å². The molecule has 0 spiro atoms. The lowest BCUT2D eigenvalue weighted by Crippen LogP contribution is -2.31. The summed E-state index contributed by atoms with van der Waals surface area (Å²) in [5.41, 5.74) is 8.58. The van der Waals surface area contributed by atoms with Crippen molar-refractivity contribution in [3.8, 4) is 11.3 Å². The molecule has 6 nitrogen and oxygen atoms in total. The molecule has 0 saturated carbocycles. The van der Waals surface area contributed by atoms with Crippen molar-refractivity contribution in [1.82, 2.24) is 20.3 Å². The average Bonchev–Trinajstić information content (AvgIpc) is 2.74. The van der Waals surface area contributed by atoms with Crippen molar-refractivity contribution in [3.05, 3.63) is 29.7 Å². The number of carbonyl (C=O) groups is 1. The number of hydrogen-bond donors (Lipinski definition) is 3. The summed E-state index contributed by atoms with van der Waals surface area (Å²) in [6.45, 7) is 0.664. The summed E-state index contributed by atoms with van der Waals surface area (Å²) in [4.78, 5) is 22.9. The maximum atomic E-state index is 11.8. The van der Waals surface area contributed by atoms with Gasteiger partial charge in [0.2, 0.25) is 5.95 Å². The fraction of sp³-hybridized carbons (Fsp3) is 0.182. The van der Waals surface area contributed by atoms with Crippen molar-refractivity contribution in [2.24, 2.45) is 0 Å². The van der Waals surface area contributed by atoms with E-state index in [0.717, 1.165) is 17.7 Å². The van der Waals surface area contributed by atoms with Gasteiger partial charge in [-0.1, -0.05) is 0 Å². The van der Waals surface area contributed by atoms with Crippen molar-refractivity contribution < 1.29 is 4.79 Å². The van der Waals surface area contributed by atoms with E-state index in [-0.39, 0.29) is 11.9 Å². The highest BCUT2D eigenvalue weighted by Crippen LogP contribution is 2.26. The highest BCUT2D eigenvalue weighted by atomic mass is 16.1. The largest absolute Gasteiger partial charge is 0.368 e. The molecule has 1 amide bonds. The molecule has 1 aliphatic heterocycles. The van der Waals surface area contributed by atoms with Crippen molar-refractivity contribution >= 4 is 11.9 Å². The Kier molecular flexibility index (Phi) is 2.07. The third-order valence-corrected chi connectivity index (χ3v) is 2.80. The van der Waals surface area contributed by atoms with Gasteiger partial charge in [-0.3, -0.25) is 4.79 Å². The van der Waals surface area contributed by atoms with E-state index in [4.69, 9.17) is 5.73 Å². The van der Waals surface area contributed by atoms with E-state index in [1.807, 2.05) is 0 Å². The maximum Gasteiger partial charge on any atom is 0.253 e. The van der Waals surface area contributed by atoms with Gasteiger partial charge >= 0.3 is 0 Å². The maximum absolute atomic E-state index is 11.8. The number of nitrogens with two attached hydrogens (primary N) is 1. The highest BCUT2D eigenvalue weighted by molar-refractivity contribution is 6.02. The molecule has 0 fully saturated rings. The molecule has 0 aromatic carbocycles. The molecule has 4 N–H and O–H groups in total. The molecule has 1 aliphatic rings. The lowest BCUT2D eigenvalue weighted by Gasteiger charge is -2.13. The number of H-pyrrole nitrogens is 1. The van der Waals surface area contributed by atoms with Crippen molar-refractivity contribution in [3.63, 3.8) is 0 Å². The van der Waals surface area contributed by atoms with Gasteiger partial charge in [-0.05, 0) is 6.07 Å². The Morgan fingerprint density at radius 2 is 2.29 bits per heavy atom. The predicted octanol–water partition coefficient (Wildman–Crippen LogP) is 0.340. The molecule has 2 aromatic heterocycles. The molecule has 0 atom stereocenters.